The van der Waals surface area contributed by atoms with Gasteiger partial charge in [0.15, 0.2) is 0 Å². The Hall–Kier alpha value is -1.60. The van der Waals surface area contributed by atoms with E-state index in [2.05, 4.69) is 10.0 Å². The first-order chi connectivity index (χ1) is 12.0. The largest absolute Gasteiger partial charge is 0.322 e. The number of anilines is 1. The van der Waals surface area contributed by atoms with Gasteiger partial charge in [0.05, 0.1) is 15.6 Å². The molecule has 0 fully saturated rings. The lowest BCUT2D eigenvalue weighted by Gasteiger charge is -2.14. The minimum Gasteiger partial charge on any atom is -0.322 e. The molecule has 0 radical (unpaired) electrons. The molecule has 2 N–H and O–H groups in total. The number of amides is 1. The summed E-state index contributed by atoms with van der Waals surface area (Å²) in [6.07, 6.45) is 0. The predicted octanol–water partition coefficient (Wildman–Crippen LogP) is 4.55. The van der Waals surface area contributed by atoms with Gasteiger partial charge in [0, 0.05) is 11.7 Å². The first-order valence-corrected chi connectivity index (χ1v) is 10.1. The summed E-state index contributed by atoms with van der Waals surface area (Å²) >= 11 is 12.2. The molecule has 26 heavy (non-hydrogen) atoms. The van der Waals surface area contributed by atoms with E-state index in [-0.39, 0.29) is 26.5 Å². The molecule has 0 saturated heterocycles. The van der Waals surface area contributed by atoms with Gasteiger partial charge in [-0.1, -0.05) is 40.9 Å². The average molecular weight is 415 g/mol. The van der Waals surface area contributed by atoms with E-state index in [0.717, 1.165) is 11.1 Å². The standard InChI is InChI=1S/C18H20Cl2N2O3S/c1-10(2)22-26(24,25)17-8-13(14(19)9-15(17)20)18(23)21-16-6-5-11(3)7-12(16)4/h5-10,22H,1-4H3,(H,21,23). The Morgan fingerprint density at radius 1 is 1.04 bits per heavy atom. The summed E-state index contributed by atoms with van der Waals surface area (Å²) in [6, 6.07) is 7.71. The molecule has 0 aromatic heterocycles. The minimum atomic E-state index is -3.87. The highest BCUT2D eigenvalue weighted by molar-refractivity contribution is 7.89. The summed E-state index contributed by atoms with van der Waals surface area (Å²) < 4.78 is 27.3. The summed E-state index contributed by atoms with van der Waals surface area (Å²) in [6.45, 7) is 7.20. The summed E-state index contributed by atoms with van der Waals surface area (Å²) in [5.41, 5.74) is 2.60. The Morgan fingerprint density at radius 2 is 1.69 bits per heavy atom. The molecule has 0 spiro atoms. The van der Waals surface area contributed by atoms with E-state index in [1.165, 1.54) is 12.1 Å². The predicted molar refractivity (Wildman–Crippen MR) is 106 cm³/mol. The third-order valence-corrected chi connectivity index (χ3v) is 6.01. The second-order valence-electron chi connectivity index (χ2n) is 6.31. The maximum absolute atomic E-state index is 12.6. The smallest absolute Gasteiger partial charge is 0.257 e. The van der Waals surface area contributed by atoms with E-state index in [0.29, 0.717) is 5.69 Å². The molecule has 0 aliphatic rings. The Bertz CT molecular complexity index is 957. The van der Waals surface area contributed by atoms with Crippen LogP contribution in [0.1, 0.15) is 35.3 Å². The molecule has 2 aromatic carbocycles. The van der Waals surface area contributed by atoms with Crippen LogP contribution >= 0.6 is 23.2 Å². The fourth-order valence-corrected chi connectivity index (χ4v) is 4.54. The minimum absolute atomic E-state index is 0.0279. The van der Waals surface area contributed by atoms with Gasteiger partial charge >= 0.3 is 0 Å². The second-order valence-corrected chi connectivity index (χ2v) is 8.81. The topological polar surface area (TPSA) is 75.3 Å². The van der Waals surface area contributed by atoms with Crippen molar-refractivity contribution in [2.24, 2.45) is 0 Å². The highest BCUT2D eigenvalue weighted by atomic mass is 35.5. The molecular formula is C18H20Cl2N2O3S. The lowest BCUT2D eigenvalue weighted by atomic mass is 10.1. The van der Waals surface area contributed by atoms with Crippen LogP contribution in [0.25, 0.3) is 0 Å². The van der Waals surface area contributed by atoms with Gasteiger partial charge in [-0.25, -0.2) is 13.1 Å². The van der Waals surface area contributed by atoms with E-state index in [9.17, 15) is 13.2 Å². The van der Waals surface area contributed by atoms with Gasteiger partial charge in [-0.05, 0) is 51.5 Å². The number of nitrogens with one attached hydrogen (secondary N) is 2. The van der Waals surface area contributed by atoms with Crippen LogP contribution in [0.2, 0.25) is 10.0 Å². The average Bonchev–Trinajstić information content (AvgIpc) is 2.48. The van der Waals surface area contributed by atoms with E-state index < -0.39 is 15.9 Å². The molecule has 0 unspecified atom stereocenters. The Morgan fingerprint density at radius 3 is 2.27 bits per heavy atom. The normalized spacial score (nSPS) is 11.7. The van der Waals surface area contributed by atoms with Crippen molar-refractivity contribution in [3.63, 3.8) is 0 Å². The maximum atomic E-state index is 12.6. The zero-order valence-corrected chi connectivity index (χ0v) is 17.2. The van der Waals surface area contributed by atoms with Crippen molar-refractivity contribution in [3.05, 3.63) is 57.1 Å². The quantitative estimate of drug-likeness (QED) is 0.753. The highest BCUT2D eigenvalue weighted by Gasteiger charge is 2.23. The Kier molecular flexibility index (Phi) is 6.34. The van der Waals surface area contributed by atoms with Gasteiger partial charge < -0.3 is 5.32 Å². The number of carbonyl (C=O) groups is 1. The molecule has 140 valence electrons. The van der Waals surface area contributed by atoms with Gasteiger partial charge in [0.1, 0.15) is 4.90 Å². The van der Waals surface area contributed by atoms with Crippen LogP contribution in [-0.4, -0.2) is 20.4 Å². The number of hydrogen-bond donors (Lipinski definition) is 2. The lowest BCUT2D eigenvalue weighted by molar-refractivity contribution is 0.102. The summed E-state index contributed by atoms with van der Waals surface area (Å²) in [4.78, 5) is 12.4. The maximum Gasteiger partial charge on any atom is 0.257 e. The monoisotopic (exact) mass is 414 g/mol. The van der Waals surface area contributed by atoms with Crippen molar-refractivity contribution in [2.75, 3.05) is 5.32 Å². The third kappa shape index (κ3) is 4.76. The van der Waals surface area contributed by atoms with Crippen molar-refractivity contribution in [1.82, 2.24) is 4.72 Å². The molecule has 5 nitrogen and oxygen atoms in total. The van der Waals surface area contributed by atoms with Crippen molar-refractivity contribution in [1.29, 1.82) is 0 Å². The number of aryl methyl sites for hydroxylation is 2. The fraction of sp³-hybridized carbons (Fsp3) is 0.278. The van der Waals surface area contributed by atoms with Crippen LogP contribution in [0.5, 0.6) is 0 Å². The number of hydrogen-bond acceptors (Lipinski definition) is 3. The molecule has 0 bridgehead atoms. The van der Waals surface area contributed by atoms with Crippen LogP contribution in [0.3, 0.4) is 0 Å². The second kappa shape index (κ2) is 7.96. The lowest BCUT2D eigenvalue weighted by Crippen LogP contribution is -2.30. The van der Waals surface area contributed by atoms with Crippen molar-refractivity contribution >= 4 is 44.8 Å². The molecule has 0 aliphatic carbocycles. The highest BCUT2D eigenvalue weighted by Crippen LogP contribution is 2.29. The first-order valence-electron chi connectivity index (χ1n) is 7.91. The number of benzene rings is 2. The molecule has 0 saturated carbocycles. The molecular weight excluding hydrogens is 395 g/mol. The molecule has 0 atom stereocenters. The van der Waals surface area contributed by atoms with Crippen molar-refractivity contribution in [3.8, 4) is 0 Å². The number of sulfonamides is 1. The summed E-state index contributed by atoms with van der Waals surface area (Å²) in [7, 11) is -3.87. The van der Waals surface area contributed by atoms with Crippen molar-refractivity contribution < 1.29 is 13.2 Å². The zero-order valence-electron chi connectivity index (χ0n) is 14.9. The SMILES string of the molecule is Cc1ccc(NC(=O)c2cc(S(=O)(=O)NC(C)C)c(Cl)cc2Cl)c(C)c1. The van der Waals surface area contributed by atoms with E-state index in [1.807, 2.05) is 26.0 Å². The molecule has 0 heterocycles. The number of rotatable bonds is 5. The molecule has 2 aromatic rings. The van der Waals surface area contributed by atoms with Gasteiger partial charge in [0.2, 0.25) is 10.0 Å². The van der Waals surface area contributed by atoms with Gasteiger partial charge in [0.25, 0.3) is 5.91 Å². The summed E-state index contributed by atoms with van der Waals surface area (Å²) in [5.74, 6) is -0.514. The Labute approximate surface area is 163 Å². The van der Waals surface area contributed by atoms with Crippen LogP contribution < -0.4 is 10.0 Å². The van der Waals surface area contributed by atoms with E-state index >= 15 is 0 Å². The van der Waals surface area contributed by atoms with Gasteiger partial charge in [-0.15, -0.1) is 0 Å². The fourth-order valence-electron chi connectivity index (χ4n) is 2.43. The molecule has 8 heteroatoms. The van der Waals surface area contributed by atoms with E-state index in [4.69, 9.17) is 23.2 Å². The van der Waals surface area contributed by atoms with Crippen LogP contribution in [0, 0.1) is 13.8 Å². The zero-order chi connectivity index (χ0) is 19.6. The number of carbonyl (C=O) groups excluding carboxylic acids is 1. The van der Waals surface area contributed by atoms with Crippen LogP contribution in [0.15, 0.2) is 35.2 Å². The van der Waals surface area contributed by atoms with Crippen LogP contribution in [0.4, 0.5) is 5.69 Å². The van der Waals surface area contributed by atoms with Crippen molar-refractivity contribution in [2.45, 2.75) is 38.6 Å². The van der Waals surface area contributed by atoms with Gasteiger partial charge in [-0.2, -0.15) is 0 Å². The van der Waals surface area contributed by atoms with Crippen LogP contribution in [-0.2, 0) is 10.0 Å². The van der Waals surface area contributed by atoms with Gasteiger partial charge in [-0.3, -0.25) is 4.79 Å². The summed E-state index contributed by atoms with van der Waals surface area (Å²) in [5, 5.41) is 2.77. The van der Waals surface area contributed by atoms with E-state index in [1.54, 1.807) is 19.9 Å². The molecule has 2 rings (SSSR count). The number of halogens is 2. The molecule has 1 amide bonds. The third-order valence-electron chi connectivity index (χ3n) is 3.58. The Balaban J connectivity index is 2.43. The molecule has 0 aliphatic heterocycles. The first kappa shape index (κ1) is 20.7.